The van der Waals surface area contributed by atoms with Gasteiger partial charge in [-0.2, -0.15) is 5.26 Å². The van der Waals surface area contributed by atoms with E-state index < -0.39 is 0 Å². The van der Waals surface area contributed by atoms with Gasteiger partial charge in [0.25, 0.3) is 0 Å². The maximum absolute atomic E-state index is 8.97. The van der Waals surface area contributed by atoms with Crippen molar-refractivity contribution in [2.75, 3.05) is 26.2 Å². The predicted molar refractivity (Wildman–Crippen MR) is 65.6 cm³/mol. The number of aryl methyl sites for hydroxylation is 2. The Balaban J connectivity index is 2.18. The van der Waals surface area contributed by atoms with Crippen LogP contribution in [-0.4, -0.2) is 31.1 Å². The van der Waals surface area contributed by atoms with Crippen LogP contribution in [0.25, 0.3) is 0 Å². The molecule has 0 unspecified atom stereocenters. The van der Waals surface area contributed by atoms with E-state index in [0.717, 1.165) is 43.3 Å². The average molecular weight is 233 g/mol. The van der Waals surface area contributed by atoms with Crippen LogP contribution in [0.4, 0.5) is 0 Å². The zero-order valence-electron chi connectivity index (χ0n) is 10.5. The highest BCUT2D eigenvalue weighted by Gasteiger charge is 2.25. The summed E-state index contributed by atoms with van der Waals surface area (Å²) in [6.07, 6.45) is 0.492. The number of nitrogens with zero attached hydrogens (tertiary/aromatic N) is 2. The minimum atomic E-state index is 0.106. The Morgan fingerprint density at radius 2 is 2.18 bits per heavy atom. The number of furan rings is 1. The highest BCUT2D eigenvalue weighted by molar-refractivity contribution is 5.21. The molecule has 4 nitrogen and oxygen atoms in total. The van der Waals surface area contributed by atoms with Gasteiger partial charge in [-0.15, -0.1) is 0 Å². The summed E-state index contributed by atoms with van der Waals surface area (Å²) in [5, 5.41) is 12.3. The van der Waals surface area contributed by atoms with Crippen molar-refractivity contribution < 1.29 is 4.42 Å². The average Bonchev–Trinajstić information content (AvgIpc) is 2.67. The monoisotopic (exact) mass is 233 g/mol. The molecule has 2 rings (SSSR count). The topological polar surface area (TPSA) is 52.2 Å². The summed E-state index contributed by atoms with van der Waals surface area (Å²) < 4.78 is 5.77. The van der Waals surface area contributed by atoms with Crippen LogP contribution < -0.4 is 5.32 Å². The van der Waals surface area contributed by atoms with Gasteiger partial charge in [0.15, 0.2) is 0 Å². The molecule has 1 aromatic rings. The number of nitriles is 1. The highest BCUT2D eigenvalue weighted by Crippen LogP contribution is 2.27. The van der Waals surface area contributed by atoms with Crippen LogP contribution in [0.2, 0.25) is 0 Å². The summed E-state index contributed by atoms with van der Waals surface area (Å²) in [7, 11) is 0. The van der Waals surface area contributed by atoms with E-state index in [0.29, 0.717) is 6.42 Å². The van der Waals surface area contributed by atoms with E-state index in [2.05, 4.69) is 22.4 Å². The van der Waals surface area contributed by atoms with Crippen molar-refractivity contribution in [3.63, 3.8) is 0 Å². The third-order valence-corrected chi connectivity index (χ3v) is 3.39. The molecule has 1 fully saturated rings. The zero-order chi connectivity index (χ0) is 12.3. The number of nitrogens with one attached hydrogen (secondary N) is 1. The molecule has 1 aliphatic rings. The molecule has 0 aromatic carbocycles. The van der Waals surface area contributed by atoms with Crippen LogP contribution in [0.15, 0.2) is 10.5 Å². The lowest BCUT2D eigenvalue weighted by Crippen LogP contribution is -2.45. The largest absolute Gasteiger partial charge is 0.464 e. The second-order valence-corrected chi connectivity index (χ2v) is 4.55. The molecule has 1 aliphatic heterocycles. The van der Waals surface area contributed by atoms with Gasteiger partial charge >= 0.3 is 0 Å². The van der Waals surface area contributed by atoms with E-state index in [-0.39, 0.29) is 6.04 Å². The summed E-state index contributed by atoms with van der Waals surface area (Å²) in [6, 6.07) is 4.45. The first-order chi connectivity index (χ1) is 8.22. The van der Waals surface area contributed by atoms with E-state index in [1.54, 1.807) is 0 Å². The smallest absolute Gasteiger partial charge is 0.122 e. The fourth-order valence-corrected chi connectivity index (χ4v) is 2.26. The molecule has 0 aliphatic carbocycles. The van der Waals surface area contributed by atoms with Gasteiger partial charge in [0.2, 0.25) is 0 Å². The van der Waals surface area contributed by atoms with Gasteiger partial charge in [-0.05, 0) is 25.5 Å². The molecule has 0 amide bonds. The van der Waals surface area contributed by atoms with Crippen molar-refractivity contribution in [3.8, 4) is 6.07 Å². The van der Waals surface area contributed by atoms with Crippen molar-refractivity contribution in [1.29, 1.82) is 5.26 Å². The minimum Gasteiger partial charge on any atom is -0.464 e. The van der Waals surface area contributed by atoms with Crippen molar-refractivity contribution in [2.45, 2.75) is 26.3 Å². The van der Waals surface area contributed by atoms with Crippen LogP contribution in [0.1, 0.15) is 29.5 Å². The lowest BCUT2D eigenvalue weighted by molar-refractivity contribution is 0.156. The first-order valence-corrected chi connectivity index (χ1v) is 6.11. The Morgan fingerprint density at radius 1 is 1.47 bits per heavy atom. The number of hydrogen-bond acceptors (Lipinski definition) is 4. The van der Waals surface area contributed by atoms with Crippen LogP contribution in [0, 0.1) is 25.2 Å². The molecular weight excluding hydrogens is 214 g/mol. The Labute approximate surface area is 102 Å². The van der Waals surface area contributed by atoms with E-state index in [9.17, 15) is 0 Å². The standard InChI is InChI=1S/C13H19N3O/c1-10-9-13(17-11(10)2)12(3-4-14)16-7-5-15-6-8-16/h9,12,15H,3,5-8H2,1-2H3/t12-/m0/s1. The first-order valence-electron chi connectivity index (χ1n) is 6.11. The lowest BCUT2D eigenvalue weighted by atomic mass is 10.1. The molecule has 2 heterocycles. The third kappa shape index (κ3) is 2.68. The molecule has 1 atom stereocenters. The van der Waals surface area contributed by atoms with Crippen molar-refractivity contribution >= 4 is 0 Å². The molecule has 0 radical (unpaired) electrons. The second-order valence-electron chi connectivity index (χ2n) is 4.55. The molecule has 0 saturated carbocycles. The molecule has 92 valence electrons. The van der Waals surface area contributed by atoms with Gasteiger partial charge in [0.05, 0.1) is 18.5 Å². The molecule has 0 bridgehead atoms. The fourth-order valence-electron chi connectivity index (χ4n) is 2.26. The predicted octanol–water partition coefficient (Wildman–Crippen LogP) is 1.76. The quantitative estimate of drug-likeness (QED) is 0.864. The van der Waals surface area contributed by atoms with Crippen molar-refractivity contribution in [3.05, 3.63) is 23.2 Å². The Morgan fingerprint density at radius 3 is 2.71 bits per heavy atom. The minimum absolute atomic E-state index is 0.106. The first kappa shape index (κ1) is 12.2. The number of hydrogen-bond donors (Lipinski definition) is 1. The molecule has 4 heteroatoms. The second kappa shape index (κ2) is 5.35. The summed E-state index contributed by atoms with van der Waals surface area (Å²) >= 11 is 0. The summed E-state index contributed by atoms with van der Waals surface area (Å²) in [6.45, 7) is 7.95. The maximum atomic E-state index is 8.97. The Kier molecular flexibility index (Phi) is 3.82. The third-order valence-electron chi connectivity index (χ3n) is 3.39. The molecule has 17 heavy (non-hydrogen) atoms. The van der Waals surface area contributed by atoms with Crippen molar-refractivity contribution in [1.82, 2.24) is 10.2 Å². The van der Waals surface area contributed by atoms with E-state index in [1.165, 1.54) is 0 Å². The highest BCUT2D eigenvalue weighted by atomic mass is 16.3. The Bertz CT molecular complexity index is 393. The molecule has 1 aromatic heterocycles. The SMILES string of the molecule is Cc1cc([C@H](CC#N)N2CCNCC2)oc1C. The van der Waals surface area contributed by atoms with Gasteiger partial charge in [0, 0.05) is 26.2 Å². The number of rotatable bonds is 3. The van der Waals surface area contributed by atoms with Gasteiger partial charge in [-0.25, -0.2) is 0 Å². The molecule has 1 saturated heterocycles. The van der Waals surface area contributed by atoms with Crippen LogP contribution in [-0.2, 0) is 0 Å². The van der Waals surface area contributed by atoms with Crippen molar-refractivity contribution in [2.24, 2.45) is 0 Å². The molecule has 0 spiro atoms. The molecule has 1 N–H and O–H groups in total. The van der Waals surface area contributed by atoms with Crippen LogP contribution in [0.5, 0.6) is 0 Å². The summed E-state index contributed by atoms with van der Waals surface area (Å²) in [5.74, 6) is 1.89. The van der Waals surface area contributed by atoms with E-state index in [4.69, 9.17) is 9.68 Å². The van der Waals surface area contributed by atoms with Crippen LogP contribution in [0.3, 0.4) is 0 Å². The van der Waals surface area contributed by atoms with E-state index in [1.807, 2.05) is 13.8 Å². The lowest BCUT2D eigenvalue weighted by Gasteiger charge is -2.32. The zero-order valence-corrected chi connectivity index (χ0v) is 10.5. The van der Waals surface area contributed by atoms with Crippen LogP contribution >= 0.6 is 0 Å². The van der Waals surface area contributed by atoms with Gasteiger partial charge in [-0.3, -0.25) is 4.90 Å². The summed E-state index contributed by atoms with van der Waals surface area (Å²) in [5.41, 5.74) is 1.16. The summed E-state index contributed by atoms with van der Waals surface area (Å²) in [4.78, 5) is 2.33. The van der Waals surface area contributed by atoms with E-state index >= 15 is 0 Å². The number of piperazine rings is 1. The van der Waals surface area contributed by atoms with Gasteiger partial charge < -0.3 is 9.73 Å². The Hall–Kier alpha value is -1.31. The van der Waals surface area contributed by atoms with Gasteiger partial charge in [-0.1, -0.05) is 0 Å². The molecular formula is C13H19N3O. The van der Waals surface area contributed by atoms with Gasteiger partial charge in [0.1, 0.15) is 11.5 Å². The normalized spacial score (nSPS) is 18.9. The maximum Gasteiger partial charge on any atom is 0.122 e. The fraction of sp³-hybridized carbons (Fsp3) is 0.615.